The summed E-state index contributed by atoms with van der Waals surface area (Å²) in [5, 5.41) is 9.70. The van der Waals surface area contributed by atoms with Crippen LogP contribution in [-0.4, -0.2) is 29.3 Å². The molecule has 1 aliphatic rings. The van der Waals surface area contributed by atoms with Gasteiger partial charge >= 0.3 is 0 Å². The van der Waals surface area contributed by atoms with Gasteiger partial charge in [-0.2, -0.15) is 5.10 Å². The fourth-order valence-corrected chi connectivity index (χ4v) is 2.93. The van der Waals surface area contributed by atoms with Crippen LogP contribution >= 0.6 is 0 Å². The number of ether oxygens (including phenoxy) is 1. The Morgan fingerprint density at radius 2 is 2.26 bits per heavy atom. The van der Waals surface area contributed by atoms with Crippen LogP contribution in [0.1, 0.15) is 30.2 Å². The number of halogens is 1. The Balaban J connectivity index is 1.57. The average Bonchev–Trinajstić information content (AvgIpc) is 3.11. The number of hydrogen-bond donors (Lipinski definition) is 2. The molecule has 2 aromatic rings. The van der Waals surface area contributed by atoms with Crippen LogP contribution in [0.15, 0.2) is 36.5 Å². The average molecular weight is 317 g/mol. The highest BCUT2D eigenvalue weighted by Crippen LogP contribution is 2.32. The zero-order valence-corrected chi connectivity index (χ0v) is 12.8. The van der Waals surface area contributed by atoms with Crippen molar-refractivity contribution in [3.05, 3.63) is 53.6 Å². The van der Waals surface area contributed by atoms with Crippen LogP contribution in [0.4, 0.5) is 4.39 Å². The zero-order chi connectivity index (χ0) is 16.1. The molecule has 1 aliphatic heterocycles. The molecule has 0 radical (unpaired) electrons. The van der Waals surface area contributed by atoms with Crippen LogP contribution in [-0.2, 0) is 16.0 Å². The predicted octanol–water partition coefficient (Wildman–Crippen LogP) is 2.38. The van der Waals surface area contributed by atoms with Crippen molar-refractivity contribution in [2.45, 2.75) is 25.4 Å². The van der Waals surface area contributed by atoms with Gasteiger partial charge in [-0.1, -0.05) is 18.2 Å². The molecule has 2 heterocycles. The first-order valence-corrected chi connectivity index (χ1v) is 7.87. The van der Waals surface area contributed by atoms with Crippen LogP contribution < -0.4 is 5.32 Å². The molecule has 3 rings (SSSR count). The summed E-state index contributed by atoms with van der Waals surface area (Å²) in [6.07, 6.45) is 3.46. The first-order chi connectivity index (χ1) is 11.3. The van der Waals surface area contributed by atoms with Crippen molar-refractivity contribution in [2.75, 3.05) is 13.2 Å². The van der Waals surface area contributed by atoms with E-state index >= 15 is 0 Å². The maximum absolute atomic E-state index is 13.6. The molecule has 122 valence electrons. The van der Waals surface area contributed by atoms with Gasteiger partial charge in [0.25, 0.3) is 0 Å². The molecular formula is C17H20FN3O2. The minimum absolute atomic E-state index is 0.0550. The lowest BCUT2D eigenvalue weighted by atomic mass is 9.91. The Bertz CT molecular complexity index is 645. The van der Waals surface area contributed by atoms with E-state index in [1.54, 1.807) is 24.4 Å². The van der Waals surface area contributed by atoms with Crippen molar-refractivity contribution in [1.29, 1.82) is 0 Å². The summed E-state index contributed by atoms with van der Waals surface area (Å²) in [5.41, 5.74) is 1.43. The minimum Gasteiger partial charge on any atom is -0.371 e. The van der Waals surface area contributed by atoms with Crippen molar-refractivity contribution >= 4 is 5.91 Å². The number of H-pyrrole nitrogens is 1. The van der Waals surface area contributed by atoms with Crippen LogP contribution in [0.5, 0.6) is 0 Å². The van der Waals surface area contributed by atoms with Crippen molar-refractivity contribution < 1.29 is 13.9 Å². The van der Waals surface area contributed by atoms with E-state index < -0.39 is 0 Å². The smallest absolute Gasteiger partial charge is 0.226 e. The van der Waals surface area contributed by atoms with E-state index in [2.05, 4.69) is 15.5 Å². The Morgan fingerprint density at radius 3 is 3.04 bits per heavy atom. The Morgan fingerprint density at radius 1 is 1.39 bits per heavy atom. The van der Waals surface area contributed by atoms with Gasteiger partial charge in [-0.3, -0.25) is 9.89 Å². The number of amides is 1. The highest BCUT2D eigenvalue weighted by molar-refractivity contribution is 5.79. The number of benzene rings is 1. The standard InChI is InChI=1S/C17H20FN3O2/c18-14-6-2-1-4-12(14)7-9-19-17(22)13-5-3-11-23-16(13)15-8-10-20-21-15/h1-2,4,6,8,10,13,16H,3,5,7,9,11H2,(H,19,22)(H,20,21)/t13-,16-/m1/s1. The minimum atomic E-state index is -0.292. The molecular weight excluding hydrogens is 297 g/mol. The van der Waals surface area contributed by atoms with Gasteiger partial charge in [0.1, 0.15) is 11.9 Å². The second-order valence-corrected chi connectivity index (χ2v) is 5.68. The summed E-state index contributed by atoms with van der Waals surface area (Å²) in [4.78, 5) is 12.5. The quantitative estimate of drug-likeness (QED) is 0.890. The molecule has 1 aromatic carbocycles. The molecule has 1 saturated heterocycles. The van der Waals surface area contributed by atoms with Crippen LogP contribution in [0.25, 0.3) is 0 Å². The number of nitrogens with zero attached hydrogens (tertiary/aromatic N) is 1. The van der Waals surface area contributed by atoms with Gasteiger partial charge in [0.05, 0.1) is 11.6 Å². The molecule has 0 unspecified atom stereocenters. The molecule has 23 heavy (non-hydrogen) atoms. The summed E-state index contributed by atoms with van der Waals surface area (Å²) >= 11 is 0. The van der Waals surface area contributed by atoms with E-state index in [0.717, 1.165) is 18.5 Å². The maximum atomic E-state index is 13.6. The SMILES string of the molecule is O=C(NCCc1ccccc1F)[C@@H]1CCCO[C@H]1c1ccn[nH]1. The Kier molecular flexibility index (Phi) is 5.02. The topological polar surface area (TPSA) is 67.0 Å². The molecule has 0 aliphatic carbocycles. The molecule has 1 fully saturated rings. The van der Waals surface area contributed by atoms with Crippen molar-refractivity contribution in [1.82, 2.24) is 15.5 Å². The summed E-state index contributed by atoms with van der Waals surface area (Å²) < 4.78 is 19.3. The second-order valence-electron chi connectivity index (χ2n) is 5.68. The lowest BCUT2D eigenvalue weighted by Gasteiger charge is -2.30. The number of aromatic amines is 1. The molecule has 1 amide bonds. The van der Waals surface area contributed by atoms with Crippen molar-refractivity contribution in [3.63, 3.8) is 0 Å². The molecule has 6 heteroatoms. The third-order valence-electron chi connectivity index (χ3n) is 4.14. The van der Waals surface area contributed by atoms with Crippen LogP contribution in [0.2, 0.25) is 0 Å². The van der Waals surface area contributed by atoms with E-state index in [-0.39, 0.29) is 23.7 Å². The number of nitrogens with one attached hydrogen (secondary N) is 2. The number of carbonyl (C=O) groups is 1. The van der Waals surface area contributed by atoms with E-state index in [1.165, 1.54) is 6.07 Å². The van der Waals surface area contributed by atoms with E-state index in [9.17, 15) is 9.18 Å². The van der Waals surface area contributed by atoms with Crippen molar-refractivity contribution in [2.24, 2.45) is 5.92 Å². The molecule has 1 aromatic heterocycles. The van der Waals surface area contributed by atoms with Crippen LogP contribution in [0, 0.1) is 11.7 Å². The molecule has 5 nitrogen and oxygen atoms in total. The first kappa shape index (κ1) is 15.7. The largest absolute Gasteiger partial charge is 0.371 e. The summed E-state index contributed by atoms with van der Waals surface area (Å²) in [6.45, 7) is 1.05. The number of aromatic nitrogens is 2. The maximum Gasteiger partial charge on any atom is 0.226 e. The Hall–Kier alpha value is -2.21. The fraction of sp³-hybridized carbons (Fsp3) is 0.412. The summed E-state index contributed by atoms with van der Waals surface area (Å²) in [7, 11) is 0. The highest BCUT2D eigenvalue weighted by atomic mass is 19.1. The zero-order valence-electron chi connectivity index (χ0n) is 12.8. The third-order valence-corrected chi connectivity index (χ3v) is 4.14. The normalized spacial score (nSPS) is 21.1. The molecule has 0 saturated carbocycles. The summed E-state index contributed by atoms with van der Waals surface area (Å²) in [5.74, 6) is -0.538. The third kappa shape index (κ3) is 3.76. The lowest BCUT2D eigenvalue weighted by molar-refractivity contribution is -0.134. The van der Waals surface area contributed by atoms with Gasteiger partial charge in [0.2, 0.25) is 5.91 Å². The van der Waals surface area contributed by atoms with Gasteiger partial charge in [-0.15, -0.1) is 0 Å². The van der Waals surface area contributed by atoms with Gasteiger partial charge in [0, 0.05) is 19.3 Å². The van der Waals surface area contributed by atoms with E-state index in [4.69, 9.17) is 4.74 Å². The lowest BCUT2D eigenvalue weighted by Crippen LogP contribution is -2.38. The molecule has 0 spiro atoms. The predicted molar refractivity (Wildman–Crippen MR) is 83.1 cm³/mol. The first-order valence-electron chi connectivity index (χ1n) is 7.87. The second kappa shape index (κ2) is 7.37. The molecule has 2 atom stereocenters. The fourth-order valence-electron chi connectivity index (χ4n) is 2.93. The number of rotatable bonds is 5. The van der Waals surface area contributed by atoms with Crippen molar-refractivity contribution in [3.8, 4) is 0 Å². The van der Waals surface area contributed by atoms with Gasteiger partial charge in [0.15, 0.2) is 0 Å². The molecule has 0 bridgehead atoms. The highest BCUT2D eigenvalue weighted by Gasteiger charge is 2.33. The van der Waals surface area contributed by atoms with Gasteiger partial charge < -0.3 is 10.1 Å². The number of hydrogen-bond acceptors (Lipinski definition) is 3. The molecule has 2 N–H and O–H groups in total. The van der Waals surface area contributed by atoms with E-state index in [1.807, 2.05) is 6.07 Å². The van der Waals surface area contributed by atoms with Crippen LogP contribution in [0.3, 0.4) is 0 Å². The van der Waals surface area contributed by atoms with E-state index in [0.29, 0.717) is 25.1 Å². The Labute approximate surface area is 134 Å². The monoisotopic (exact) mass is 317 g/mol. The number of carbonyl (C=O) groups excluding carboxylic acids is 1. The van der Waals surface area contributed by atoms with Gasteiger partial charge in [-0.25, -0.2) is 4.39 Å². The summed E-state index contributed by atoms with van der Waals surface area (Å²) in [6, 6.07) is 8.45. The van der Waals surface area contributed by atoms with Gasteiger partial charge in [-0.05, 0) is 37.0 Å².